The van der Waals surface area contributed by atoms with Gasteiger partial charge in [0.05, 0.1) is 4.90 Å². The molecule has 6 heteroatoms. The van der Waals surface area contributed by atoms with Crippen LogP contribution in [0.2, 0.25) is 0 Å². The molecule has 0 unspecified atom stereocenters. The summed E-state index contributed by atoms with van der Waals surface area (Å²) in [5.41, 5.74) is 0. The Balaban J connectivity index is 2.24. The molecule has 100 valence electrons. The largest absolute Gasteiger partial charge is 0.317 e. The average Bonchev–Trinajstić information content (AvgIpc) is 2.39. The molecular weight excluding hydrogens is 255 g/mol. The van der Waals surface area contributed by atoms with E-state index < -0.39 is 15.8 Å². The Labute approximate surface area is 107 Å². The van der Waals surface area contributed by atoms with E-state index in [1.165, 1.54) is 22.5 Å². The molecule has 0 aliphatic carbocycles. The number of piperidine rings is 1. The summed E-state index contributed by atoms with van der Waals surface area (Å²) in [5.74, 6) is -0.533. The third-order valence-electron chi connectivity index (χ3n) is 3.30. The van der Waals surface area contributed by atoms with E-state index in [2.05, 4.69) is 5.32 Å². The van der Waals surface area contributed by atoms with Crippen molar-refractivity contribution in [3.05, 3.63) is 30.1 Å². The SMILES string of the molecule is CN(C1CCNCC1)S(=O)(=O)c1cccc(F)c1. The molecule has 1 N–H and O–H groups in total. The molecule has 0 aromatic heterocycles. The third kappa shape index (κ3) is 2.71. The van der Waals surface area contributed by atoms with Crippen LogP contribution in [0.15, 0.2) is 29.2 Å². The predicted molar refractivity (Wildman–Crippen MR) is 67.2 cm³/mol. The van der Waals surface area contributed by atoms with E-state index in [1.807, 2.05) is 0 Å². The van der Waals surface area contributed by atoms with Gasteiger partial charge in [-0.2, -0.15) is 4.31 Å². The summed E-state index contributed by atoms with van der Waals surface area (Å²) in [5, 5.41) is 3.19. The molecule has 1 heterocycles. The fourth-order valence-electron chi connectivity index (χ4n) is 2.16. The number of sulfonamides is 1. The zero-order valence-corrected chi connectivity index (χ0v) is 11.1. The summed E-state index contributed by atoms with van der Waals surface area (Å²) in [6.07, 6.45) is 1.57. The summed E-state index contributed by atoms with van der Waals surface area (Å²) in [4.78, 5) is 0.0172. The second-order valence-corrected chi connectivity index (χ2v) is 6.46. The molecule has 0 saturated carbocycles. The molecule has 1 fully saturated rings. The van der Waals surface area contributed by atoms with E-state index >= 15 is 0 Å². The van der Waals surface area contributed by atoms with E-state index in [9.17, 15) is 12.8 Å². The van der Waals surface area contributed by atoms with Crippen molar-refractivity contribution in [3.8, 4) is 0 Å². The molecular formula is C12H17FN2O2S. The van der Waals surface area contributed by atoms with Gasteiger partial charge in [-0.15, -0.1) is 0 Å². The van der Waals surface area contributed by atoms with Gasteiger partial charge in [0, 0.05) is 13.1 Å². The topological polar surface area (TPSA) is 49.4 Å². The molecule has 1 aliphatic heterocycles. The Kier molecular flexibility index (Phi) is 3.99. The van der Waals surface area contributed by atoms with Crippen LogP contribution < -0.4 is 5.32 Å². The second-order valence-electron chi connectivity index (χ2n) is 4.46. The highest BCUT2D eigenvalue weighted by Gasteiger charge is 2.28. The maximum absolute atomic E-state index is 13.1. The molecule has 0 bridgehead atoms. The molecule has 0 amide bonds. The number of hydrogen-bond acceptors (Lipinski definition) is 3. The van der Waals surface area contributed by atoms with Crippen molar-refractivity contribution in [1.29, 1.82) is 0 Å². The van der Waals surface area contributed by atoms with Crippen LogP contribution >= 0.6 is 0 Å². The Hall–Kier alpha value is -0.980. The van der Waals surface area contributed by atoms with Crippen molar-refractivity contribution >= 4 is 10.0 Å². The molecule has 18 heavy (non-hydrogen) atoms. The van der Waals surface area contributed by atoms with Gasteiger partial charge in [-0.1, -0.05) is 6.07 Å². The highest BCUT2D eigenvalue weighted by atomic mass is 32.2. The van der Waals surface area contributed by atoms with Crippen LogP contribution in [0.1, 0.15) is 12.8 Å². The van der Waals surface area contributed by atoms with Gasteiger partial charge < -0.3 is 5.32 Å². The molecule has 0 spiro atoms. The molecule has 2 rings (SSSR count). The molecule has 1 saturated heterocycles. The zero-order chi connectivity index (χ0) is 13.2. The maximum atomic E-state index is 13.1. The number of rotatable bonds is 3. The minimum Gasteiger partial charge on any atom is -0.317 e. The van der Waals surface area contributed by atoms with E-state index in [0.717, 1.165) is 32.0 Å². The van der Waals surface area contributed by atoms with Crippen molar-refractivity contribution in [2.45, 2.75) is 23.8 Å². The molecule has 1 aliphatic rings. The highest BCUT2D eigenvalue weighted by molar-refractivity contribution is 7.89. The number of nitrogens with one attached hydrogen (secondary N) is 1. The minimum absolute atomic E-state index is 0.0143. The summed E-state index contributed by atoms with van der Waals surface area (Å²) in [6, 6.07) is 5.13. The van der Waals surface area contributed by atoms with Crippen LogP contribution in [0.5, 0.6) is 0 Å². The average molecular weight is 272 g/mol. The van der Waals surface area contributed by atoms with Crippen LogP contribution in [0.3, 0.4) is 0 Å². The second kappa shape index (κ2) is 5.34. The normalized spacial score (nSPS) is 18.2. The Morgan fingerprint density at radius 2 is 2.00 bits per heavy atom. The molecule has 1 aromatic rings. The first kappa shape index (κ1) is 13.5. The quantitative estimate of drug-likeness (QED) is 0.899. The lowest BCUT2D eigenvalue weighted by molar-refractivity contribution is 0.296. The first-order chi connectivity index (χ1) is 8.51. The van der Waals surface area contributed by atoms with Crippen LogP contribution in [-0.2, 0) is 10.0 Å². The molecule has 1 aromatic carbocycles. The van der Waals surface area contributed by atoms with Gasteiger partial charge in [-0.3, -0.25) is 0 Å². The van der Waals surface area contributed by atoms with Gasteiger partial charge in [0.15, 0.2) is 0 Å². The van der Waals surface area contributed by atoms with Crippen LogP contribution in [0, 0.1) is 5.82 Å². The Bertz CT molecular complexity index is 513. The van der Waals surface area contributed by atoms with Gasteiger partial charge in [0.1, 0.15) is 5.82 Å². The van der Waals surface area contributed by atoms with E-state index in [1.54, 1.807) is 7.05 Å². The number of nitrogens with zero attached hydrogens (tertiary/aromatic N) is 1. The number of halogens is 1. The van der Waals surface area contributed by atoms with E-state index in [0.29, 0.717) is 0 Å². The van der Waals surface area contributed by atoms with Crippen molar-refractivity contribution in [2.75, 3.05) is 20.1 Å². The summed E-state index contributed by atoms with van der Waals surface area (Å²) in [7, 11) is -2.03. The summed E-state index contributed by atoms with van der Waals surface area (Å²) in [6.45, 7) is 1.63. The minimum atomic E-state index is -3.60. The van der Waals surface area contributed by atoms with Gasteiger partial charge >= 0.3 is 0 Å². The first-order valence-corrected chi connectivity index (χ1v) is 7.40. The van der Waals surface area contributed by atoms with Crippen LogP contribution in [-0.4, -0.2) is 38.9 Å². The van der Waals surface area contributed by atoms with Crippen molar-refractivity contribution < 1.29 is 12.8 Å². The van der Waals surface area contributed by atoms with Gasteiger partial charge in [0.2, 0.25) is 10.0 Å². The van der Waals surface area contributed by atoms with Crippen LogP contribution in [0.4, 0.5) is 4.39 Å². The fraction of sp³-hybridized carbons (Fsp3) is 0.500. The monoisotopic (exact) mass is 272 g/mol. The van der Waals surface area contributed by atoms with Crippen LogP contribution in [0.25, 0.3) is 0 Å². The third-order valence-corrected chi connectivity index (χ3v) is 5.20. The zero-order valence-electron chi connectivity index (χ0n) is 10.3. The van der Waals surface area contributed by atoms with Gasteiger partial charge in [0.25, 0.3) is 0 Å². The Morgan fingerprint density at radius 1 is 1.33 bits per heavy atom. The summed E-state index contributed by atoms with van der Waals surface area (Å²) < 4.78 is 39.1. The smallest absolute Gasteiger partial charge is 0.243 e. The number of hydrogen-bond donors (Lipinski definition) is 1. The lowest BCUT2D eigenvalue weighted by Crippen LogP contribution is -2.43. The van der Waals surface area contributed by atoms with Crippen molar-refractivity contribution in [2.24, 2.45) is 0 Å². The van der Waals surface area contributed by atoms with Crippen molar-refractivity contribution in [1.82, 2.24) is 9.62 Å². The lowest BCUT2D eigenvalue weighted by Gasteiger charge is -2.30. The van der Waals surface area contributed by atoms with E-state index in [4.69, 9.17) is 0 Å². The first-order valence-electron chi connectivity index (χ1n) is 5.96. The molecule has 0 atom stereocenters. The molecule has 4 nitrogen and oxygen atoms in total. The molecule has 0 radical (unpaired) electrons. The van der Waals surface area contributed by atoms with Gasteiger partial charge in [-0.05, 0) is 44.1 Å². The van der Waals surface area contributed by atoms with E-state index in [-0.39, 0.29) is 10.9 Å². The maximum Gasteiger partial charge on any atom is 0.243 e. The summed E-state index contributed by atoms with van der Waals surface area (Å²) >= 11 is 0. The highest BCUT2D eigenvalue weighted by Crippen LogP contribution is 2.21. The number of benzene rings is 1. The fourth-order valence-corrected chi connectivity index (χ4v) is 3.61. The predicted octanol–water partition coefficient (Wildman–Crippen LogP) is 1.20. The standard InChI is InChI=1S/C12H17FN2O2S/c1-15(11-5-7-14-8-6-11)18(16,17)12-4-2-3-10(13)9-12/h2-4,9,11,14H,5-8H2,1H3. The van der Waals surface area contributed by atoms with Gasteiger partial charge in [-0.25, -0.2) is 12.8 Å². The lowest BCUT2D eigenvalue weighted by atomic mass is 10.1. The van der Waals surface area contributed by atoms with Crippen molar-refractivity contribution in [3.63, 3.8) is 0 Å². The Morgan fingerprint density at radius 3 is 2.61 bits per heavy atom.